The Morgan fingerprint density at radius 1 is 1.00 bits per heavy atom. The second-order valence-electron chi connectivity index (χ2n) is 5.30. The highest BCUT2D eigenvalue weighted by atomic mass is 19.4. The van der Waals surface area contributed by atoms with E-state index in [0.29, 0.717) is 17.9 Å². The Balaban J connectivity index is 2.30. The smallest absolute Gasteiger partial charge is 0.422 e. The standard InChI is InChI=1S/C17H13F6NO3/c1-26-12-5-2-10(3-6-12)15(25)24-13-8-11(17(21,22)23)4-7-14(13)27-9-16(18,19)20/h2-8H,9H2,1H3,(H,24,25). The summed E-state index contributed by atoms with van der Waals surface area (Å²) in [6.07, 6.45) is -9.44. The highest BCUT2D eigenvalue weighted by Gasteiger charge is 2.33. The number of hydrogen-bond acceptors (Lipinski definition) is 3. The van der Waals surface area contributed by atoms with E-state index in [9.17, 15) is 31.1 Å². The number of nitrogens with one attached hydrogen (secondary N) is 1. The monoisotopic (exact) mass is 393 g/mol. The van der Waals surface area contributed by atoms with Gasteiger partial charge in [-0.2, -0.15) is 26.3 Å². The van der Waals surface area contributed by atoms with Gasteiger partial charge >= 0.3 is 12.4 Å². The van der Waals surface area contributed by atoms with E-state index in [1.807, 2.05) is 0 Å². The predicted molar refractivity (Wildman–Crippen MR) is 83.9 cm³/mol. The van der Waals surface area contributed by atoms with E-state index >= 15 is 0 Å². The van der Waals surface area contributed by atoms with Crippen molar-refractivity contribution in [3.05, 3.63) is 53.6 Å². The lowest BCUT2D eigenvalue weighted by molar-refractivity contribution is -0.153. The highest BCUT2D eigenvalue weighted by Crippen LogP contribution is 2.36. The van der Waals surface area contributed by atoms with Gasteiger partial charge in [-0.3, -0.25) is 4.79 Å². The third-order valence-corrected chi connectivity index (χ3v) is 3.30. The summed E-state index contributed by atoms with van der Waals surface area (Å²) in [7, 11) is 1.40. The van der Waals surface area contributed by atoms with Crippen molar-refractivity contribution in [1.82, 2.24) is 0 Å². The van der Waals surface area contributed by atoms with Gasteiger partial charge in [-0.25, -0.2) is 0 Å². The van der Waals surface area contributed by atoms with Crippen molar-refractivity contribution < 1.29 is 40.6 Å². The van der Waals surface area contributed by atoms with Crippen molar-refractivity contribution in [2.24, 2.45) is 0 Å². The number of carbonyl (C=O) groups is 1. The zero-order valence-corrected chi connectivity index (χ0v) is 13.7. The molecule has 1 N–H and O–H groups in total. The normalized spacial score (nSPS) is 11.8. The van der Waals surface area contributed by atoms with Crippen LogP contribution in [0.2, 0.25) is 0 Å². The molecule has 0 spiro atoms. The first-order valence-electron chi connectivity index (χ1n) is 7.36. The fourth-order valence-corrected chi connectivity index (χ4v) is 2.03. The Hall–Kier alpha value is -2.91. The van der Waals surface area contributed by atoms with Crippen LogP contribution in [0.25, 0.3) is 0 Å². The average Bonchev–Trinajstić information content (AvgIpc) is 2.59. The molecule has 0 aliphatic heterocycles. The van der Waals surface area contributed by atoms with Crippen LogP contribution in [-0.4, -0.2) is 25.8 Å². The maximum Gasteiger partial charge on any atom is 0.422 e. The molecule has 1 amide bonds. The first-order chi connectivity index (χ1) is 12.5. The number of anilines is 1. The zero-order chi connectivity index (χ0) is 20.2. The summed E-state index contributed by atoms with van der Waals surface area (Å²) in [5.74, 6) is -0.921. The van der Waals surface area contributed by atoms with Crippen molar-refractivity contribution >= 4 is 11.6 Å². The van der Waals surface area contributed by atoms with Crippen LogP contribution >= 0.6 is 0 Å². The number of alkyl halides is 6. The molecule has 2 aromatic carbocycles. The topological polar surface area (TPSA) is 47.6 Å². The number of hydrogen-bond donors (Lipinski definition) is 1. The quantitative estimate of drug-likeness (QED) is 0.735. The Morgan fingerprint density at radius 2 is 1.63 bits per heavy atom. The van der Waals surface area contributed by atoms with E-state index in [4.69, 9.17) is 4.74 Å². The van der Waals surface area contributed by atoms with Crippen molar-refractivity contribution in [2.75, 3.05) is 19.0 Å². The molecule has 2 rings (SSSR count). The first kappa shape index (κ1) is 20.4. The third kappa shape index (κ3) is 5.80. The molecule has 0 atom stereocenters. The fraction of sp³-hybridized carbons (Fsp3) is 0.235. The van der Waals surface area contributed by atoms with Crippen LogP contribution in [-0.2, 0) is 6.18 Å². The minimum atomic E-state index is -4.75. The summed E-state index contributed by atoms with van der Waals surface area (Å²) in [5.41, 5.74) is -1.61. The van der Waals surface area contributed by atoms with Gasteiger partial charge in [0.15, 0.2) is 6.61 Å². The van der Waals surface area contributed by atoms with Crippen LogP contribution in [0.15, 0.2) is 42.5 Å². The summed E-state index contributed by atoms with van der Waals surface area (Å²) in [6, 6.07) is 7.38. The second-order valence-corrected chi connectivity index (χ2v) is 5.30. The number of carbonyl (C=O) groups excluding carboxylic acids is 1. The summed E-state index contributed by atoms with van der Waals surface area (Å²) in [6.45, 7) is -1.72. The summed E-state index contributed by atoms with van der Waals surface area (Å²) >= 11 is 0. The second kappa shape index (κ2) is 7.77. The lowest BCUT2D eigenvalue weighted by Crippen LogP contribution is -2.21. The van der Waals surface area contributed by atoms with E-state index in [1.165, 1.54) is 31.4 Å². The molecule has 0 fully saturated rings. The van der Waals surface area contributed by atoms with E-state index in [1.54, 1.807) is 0 Å². The van der Waals surface area contributed by atoms with Gasteiger partial charge in [-0.05, 0) is 42.5 Å². The molecule has 0 radical (unpaired) electrons. The molecule has 2 aromatic rings. The van der Waals surface area contributed by atoms with Crippen molar-refractivity contribution in [3.63, 3.8) is 0 Å². The number of amides is 1. The van der Waals surface area contributed by atoms with Gasteiger partial charge in [0.05, 0.1) is 18.4 Å². The maximum absolute atomic E-state index is 12.9. The molecule has 0 aliphatic carbocycles. The molecule has 27 heavy (non-hydrogen) atoms. The molecule has 4 nitrogen and oxygen atoms in total. The molecule has 0 unspecified atom stereocenters. The summed E-state index contributed by atoms with van der Waals surface area (Å²) in [5, 5.41) is 2.14. The average molecular weight is 393 g/mol. The third-order valence-electron chi connectivity index (χ3n) is 3.30. The largest absolute Gasteiger partial charge is 0.497 e. The van der Waals surface area contributed by atoms with E-state index in [2.05, 4.69) is 10.1 Å². The number of ether oxygens (including phenoxy) is 2. The number of methoxy groups -OCH3 is 1. The van der Waals surface area contributed by atoms with Gasteiger partial charge < -0.3 is 14.8 Å². The number of benzene rings is 2. The number of halogens is 6. The Bertz CT molecular complexity index is 800. The van der Waals surface area contributed by atoms with E-state index in [-0.39, 0.29) is 5.56 Å². The molecule has 0 saturated heterocycles. The van der Waals surface area contributed by atoms with Gasteiger partial charge in [-0.1, -0.05) is 0 Å². The summed E-state index contributed by atoms with van der Waals surface area (Å²) < 4.78 is 85.1. The predicted octanol–water partition coefficient (Wildman–Crippen LogP) is 4.91. The molecule has 0 saturated carbocycles. The number of rotatable bonds is 5. The van der Waals surface area contributed by atoms with E-state index < -0.39 is 41.9 Å². The van der Waals surface area contributed by atoms with Crippen LogP contribution in [0, 0.1) is 0 Å². The van der Waals surface area contributed by atoms with Crippen LogP contribution in [0.5, 0.6) is 11.5 Å². The van der Waals surface area contributed by atoms with Gasteiger partial charge in [0.1, 0.15) is 11.5 Å². The molecule has 146 valence electrons. The Morgan fingerprint density at radius 3 is 2.15 bits per heavy atom. The minimum absolute atomic E-state index is 0.0648. The van der Waals surface area contributed by atoms with Crippen molar-refractivity contribution in [2.45, 2.75) is 12.4 Å². The molecular weight excluding hydrogens is 380 g/mol. The maximum atomic E-state index is 12.9. The molecule has 0 heterocycles. The Labute approximate surface area is 149 Å². The van der Waals surface area contributed by atoms with Crippen molar-refractivity contribution in [3.8, 4) is 11.5 Å². The van der Waals surface area contributed by atoms with Gasteiger partial charge in [0.2, 0.25) is 0 Å². The lowest BCUT2D eigenvalue weighted by atomic mass is 10.1. The molecule has 0 bridgehead atoms. The SMILES string of the molecule is COc1ccc(C(=O)Nc2cc(C(F)(F)F)ccc2OCC(F)(F)F)cc1. The van der Waals surface area contributed by atoms with Gasteiger partial charge in [0.25, 0.3) is 5.91 Å². The van der Waals surface area contributed by atoms with Crippen LogP contribution < -0.4 is 14.8 Å². The van der Waals surface area contributed by atoms with Gasteiger partial charge in [0, 0.05) is 5.56 Å². The molecular formula is C17H13F6NO3. The van der Waals surface area contributed by atoms with Crippen LogP contribution in [0.4, 0.5) is 32.0 Å². The van der Waals surface area contributed by atoms with E-state index in [0.717, 1.165) is 6.07 Å². The lowest BCUT2D eigenvalue weighted by Gasteiger charge is -2.16. The minimum Gasteiger partial charge on any atom is -0.497 e. The van der Waals surface area contributed by atoms with Crippen LogP contribution in [0.3, 0.4) is 0 Å². The molecule has 0 aromatic heterocycles. The first-order valence-corrected chi connectivity index (χ1v) is 7.36. The fourth-order valence-electron chi connectivity index (χ4n) is 2.03. The van der Waals surface area contributed by atoms with Crippen molar-refractivity contribution in [1.29, 1.82) is 0 Å². The zero-order valence-electron chi connectivity index (χ0n) is 13.7. The van der Waals surface area contributed by atoms with Crippen LogP contribution in [0.1, 0.15) is 15.9 Å². The molecule has 0 aliphatic rings. The summed E-state index contributed by atoms with van der Waals surface area (Å²) in [4.78, 5) is 12.2. The molecule has 10 heteroatoms. The Kier molecular flexibility index (Phi) is 5.87. The highest BCUT2D eigenvalue weighted by molar-refractivity contribution is 6.05. The van der Waals surface area contributed by atoms with Gasteiger partial charge in [-0.15, -0.1) is 0 Å².